The third-order valence-electron chi connectivity index (χ3n) is 4.95. The highest BCUT2D eigenvalue weighted by Gasteiger charge is 2.33. The summed E-state index contributed by atoms with van der Waals surface area (Å²) in [5.74, 6) is 2.05. The highest BCUT2D eigenvalue weighted by atomic mass is 32.2. The van der Waals surface area contributed by atoms with E-state index < -0.39 is 5.51 Å². The van der Waals surface area contributed by atoms with E-state index in [1.165, 1.54) is 38.5 Å². The first-order chi connectivity index (χ1) is 9.98. The lowest BCUT2D eigenvalue weighted by Gasteiger charge is -2.36. The van der Waals surface area contributed by atoms with Crippen LogP contribution in [0.2, 0.25) is 0 Å². The van der Waals surface area contributed by atoms with Crippen molar-refractivity contribution >= 4 is 11.8 Å². The van der Waals surface area contributed by atoms with Crippen LogP contribution in [-0.2, 0) is 0 Å². The zero-order chi connectivity index (χ0) is 15.3. The molecule has 0 saturated heterocycles. The molecule has 0 aromatic carbocycles. The SMILES string of the molecule is CCCC1CCC(CNC2CC2)C(CCSC(F)(F)F)C1. The lowest BCUT2D eigenvalue weighted by Crippen LogP contribution is -2.34. The number of nitrogens with one attached hydrogen (secondary N) is 1. The van der Waals surface area contributed by atoms with Gasteiger partial charge in [-0.1, -0.05) is 37.9 Å². The Labute approximate surface area is 130 Å². The van der Waals surface area contributed by atoms with Gasteiger partial charge < -0.3 is 5.32 Å². The quantitative estimate of drug-likeness (QED) is 0.658. The third kappa shape index (κ3) is 6.81. The number of halogens is 3. The second kappa shape index (κ2) is 8.09. The summed E-state index contributed by atoms with van der Waals surface area (Å²) in [6.45, 7) is 3.22. The Bertz CT molecular complexity index is 304. The van der Waals surface area contributed by atoms with Crippen LogP contribution in [0.5, 0.6) is 0 Å². The van der Waals surface area contributed by atoms with Crippen molar-refractivity contribution in [2.24, 2.45) is 17.8 Å². The molecule has 2 aliphatic rings. The van der Waals surface area contributed by atoms with Crippen molar-refractivity contribution in [3.63, 3.8) is 0 Å². The number of thioether (sulfide) groups is 1. The van der Waals surface area contributed by atoms with Crippen LogP contribution in [0.3, 0.4) is 0 Å². The first-order valence-corrected chi connectivity index (χ1v) is 9.40. The predicted octanol–water partition coefficient (Wildman–Crippen LogP) is 5.21. The Hall–Kier alpha value is 0.100. The molecule has 0 bridgehead atoms. The molecule has 1 nitrogen and oxygen atoms in total. The van der Waals surface area contributed by atoms with Crippen LogP contribution in [0.15, 0.2) is 0 Å². The molecular weight excluding hydrogens is 295 g/mol. The van der Waals surface area contributed by atoms with Gasteiger partial charge in [0.15, 0.2) is 0 Å². The van der Waals surface area contributed by atoms with E-state index in [0.717, 1.165) is 25.3 Å². The Morgan fingerprint density at radius 3 is 2.43 bits per heavy atom. The molecule has 3 unspecified atom stereocenters. The Morgan fingerprint density at radius 1 is 1.05 bits per heavy atom. The predicted molar refractivity (Wildman–Crippen MR) is 83.4 cm³/mol. The van der Waals surface area contributed by atoms with E-state index in [-0.39, 0.29) is 17.5 Å². The monoisotopic (exact) mass is 323 g/mol. The van der Waals surface area contributed by atoms with Gasteiger partial charge in [0.2, 0.25) is 0 Å². The molecule has 2 rings (SSSR count). The molecule has 3 atom stereocenters. The first-order valence-electron chi connectivity index (χ1n) is 8.42. The lowest BCUT2D eigenvalue weighted by atomic mass is 9.71. The third-order valence-corrected chi connectivity index (χ3v) is 5.71. The van der Waals surface area contributed by atoms with Crippen molar-refractivity contribution in [1.29, 1.82) is 0 Å². The van der Waals surface area contributed by atoms with Crippen LogP contribution in [0.25, 0.3) is 0 Å². The molecule has 0 amide bonds. The maximum Gasteiger partial charge on any atom is 0.441 e. The number of alkyl halides is 3. The molecule has 0 aromatic heterocycles. The van der Waals surface area contributed by atoms with Gasteiger partial charge in [0, 0.05) is 11.8 Å². The van der Waals surface area contributed by atoms with Crippen molar-refractivity contribution in [2.75, 3.05) is 12.3 Å². The summed E-state index contributed by atoms with van der Waals surface area (Å²) in [6, 6.07) is 0.698. The standard InChI is InChI=1S/C16H28F3NS/c1-2-3-12-4-5-14(11-20-15-6-7-15)13(10-12)8-9-21-16(17,18)19/h12-15,20H,2-11H2,1H3. The Balaban J connectivity index is 1.78. The smallest absolute Gasteiger partial charge is 0.314 e. The molecule has 124 valence electrons. The average Bonchev–Trinajstić information content (AvgIpc) is 3.21. The van der Waals surface area contributed by atoms with Gasteiger partial charge in [-0.25, -0.2) is 0 Å². The molecule has 2 aliphatic carbocycles. The second-order valence-electron chi connectivity index (χ2n) is 6.75. The molecular formula is C16H28F3NS. The van der Waals surface area contributed by atoms with E-state index in [1.807, 2.05) is 0 Å². The largest absolute Gasteiger partial charge is 0.441 e. The molecule has 0 aromatic rings. The van der Waals surface area contributed by atoms with Crippen molar-refractivity contribution in [1.82, 2.24) is 5.32 Å². The summed E-state index contributed by atoms with van der Waals surface area (Å²) in [5.41, 5.74) is -4.07. The van der Waals surface area contributed by atoms with Crippen LogP contribution in [0.1, 0.15) is 58.3 Å². The Kier molecular flexibility index (Phi) is 6.73. The van der Waals surface area contributed by atoms with E-state index in [1.54, 1.807) is 0 Å². The van der Waals surface area contributed by atoms with Gasteiger partial charge in [-0.15, -0.1) is 0 Å². The van der Waals surface area contributed by atoms with Gasteiger partial charge in [0.05, 0.1) is 0 Å². The van der Waals surface area contributed by atoms with Crippen LogP contribution in [0, 0.1) is 17.8 Å². The van der Waals surface area contributed by atoms with Crippen molar-refractivity contribution < 1.29 is 13.2 Å². The first kappa shape index (κ1) is 17.5. The molecule has 0 spiro atoms. The van der Waals surface area contributed by atoms with Gasteiger partial charge in [-0.05, 0) is 56.4 Å². The highest BCUT2D eigenvalue weighted by molar-refractivity contribution is 8.00. The number of hydrogen-bond acceptors (Lipinski definition) is 2. The molecule has 1 N–H and O–H groups in total. The maximum absolute atomic E-state index is 12.3. The van der Waals surface area contributed by atoms with Gasteiger partial charge in [-0.3, -0.25) is 0 Å². The van der Waals surface area contributed by atoms with Gasteiger partial charge >= 0.3 is 5.51 Å². The van der Waals surface area contributed by atoms with E-state index in [9.17, 15) is 13.2 Å². The van der Waals surface area contributed by atoms with Gasteiger partial charge in [0.1, 0.15) is 0 Å². The van der Waals surface area contributed by atoms with E-state index in [2.05, 4.69) is 12.2 Å². The molecule has 21 heavy (non-hydrogen) atoms. The molecule has 2 saturated carbocycles. The van der Waals surface area contributed by atoms with Gasteiger partial charge in [0.25, 0.3) is 0 Å². The van der Waals surface area contributed by atoms with E-state index in [4.69, 9.17) is 0 Å². The molecule has 5 heteroatoms. The minimum Gasteiger partial charge on any atom is -0.314 e. The summed E-state index contributed by atoms with van der Waals surface area (Å²) in [6.07, 6.45) is 9.33. The fourth-order valence-electron chi connectivity index (χ4n) is 3.65. The summed E-state index contributed by atoms with van der Waals surface area (Å²) >= 11 is 0.160. The Morgan fingerprint density at radius 2 is 1.81 bits per heavy atom. The van der Waals surface area contributed by atoms with E-state index >= 15 is 0 Å². The zero-order valence-corrected chi connectivity index (χ0v) is 13.7. The summed E-state index contributed by atoms with van der Waals surface area (Å²) in [5, 5.41) is 3.58. The van der Waals surface area contributed by atoms with E-state index in [0.29, 0.717) is 17.9 Å². The fraction of sp³-hybridized carbons (Fsp3) is 1.00. The summed E-state index contributed by atoms with van der Waals surface area (Å²) in [4.78, 5) is 0. The fourth-order valence-corrected chi connectivity index (χ4v) is 4.30. The normalized spacial score (nSPS) is 30.6. The minimum atomic E-state index is -4.07. The second-order valence-corrected chi connectivity index (χ2v) is 7.91. The minimum absolute atomic E-state index is 0.160. The van der Waals surface area contributed by atoms with Crippen LogP contribution in [-0.4, -0.2) is 23.8 Å². The molecule has 0 aliphatic heterocycles. The average molecular weight is 323 g/mol. The van der Waals surface area contributed by atoms with Crippen molar-refractivity contribution in [2.45, 2.75) is 69.8 Å². The van der Waals surface area contributed by atoms with Crippen LogP contribution in [0.4, 0.5) is 13.2 Å². The van der Waals surface area contributed by atoms with Crippen molar-refractivity contribution in [3.05, 3.63) is 0 Å². The lowest BCUT2D eigenvalue weighted by molar-refractivity contribution is -0.0329. The maximum atomic E-state index is 12.3. The van der Waals surface area contributed by atoms with Gasteiger partial charge in [-0.2, -0.15) is 13.2 Å². The van der Waals surface area contributed by atoms with Crippen LogP contribution >= 0.6 is 11.8 Å². The molecule has 0 radical (unpaired) electrons. The molecule has 2 fully saturated rings. The summed E-state index contributed by atoms with van der Waals surface area (Å²) in [7, 11) is 0. The highest BCUT2D eigenvalue weighted by Crippen LogP contribution is 2.40. The van der Waals surface area contributed by atoms with Crippen LogP contribution < -0.4 is 5.32 Å². The zero-order valence-electron chi connectivity index (χ0n) is 12.9. The number of hydrogen-bond donors (Lipinski definition) is 1. The summed E-state index contributed by atoms with van der Waals surface area (Å²) < 4.78 is 37.0. The molecule has 0 heterocycles. The van der Waals surface area contributed by atoms with Crippen molar-refractivity contribution in [3.8, 4) is 0 Å². The number of rotatable bonds is 8. The topological polar surface area (TPSA) is 12.0 Å².